The number of hydrogen-bond acceptors (Lipinski definition) is 5. The zero-order valence-electron chi connectivity index (χ0n) is 18.5. The minimum Gasteiger partial charge on any atom is -0.492 e. The molecule has 6 heteroatoms. The molecule has 0 spiro atoms. The number of nitrogens with zero attached hydrogens (tertiary/aromatic N) is 1. The van der Waals surface area contributed by atoms with Crippen molar-refractivity contribution in [3.63, 3.8) is 0 Å². The van der Waals surface area contributed by atoms with Gasteiger partial charge in [-0.25, -0.2) is 0 Å². The Kier molecular flexibility index (Phi) is 7.85. The van der Waals surface area contributed by atoms with Gasteiger partial charge in [0.25, 0.3) is 0 Å². The summed E-state index contributed by atoms with van der Waals surface area (Å²) in [5.41, 5.74) is 2.80. The Hall–Kier alpha value is -3.48. The molecule has 0 radical (unpaired) electrons. The third-order valence-electron chi connectivity index (χ3n) is 5.51. The maximum absolute atomic E-state index is 12.2. The van der Waals surface area contributed by atoms with E-state index >= 15 is 0 Å². The Morgan fingerprint density at radius 3 is 2.39 bits per heavy atom. The molecule has 0 amide bonds. The van der Waals surface area contributed by atoms with Crippen LogP contribution in [-0.4, -0.2) is 60.9 Å². The SMILES string of the molecule is O=C(C=Cc1ccc(OCCN2CCOCC2)cc1)CC(=O)C=Cc1ccc2cc[nH]c2c1. The number of aromatic nitrogens is 1. The fraction of sp³-hybridized carbons (Fsp3) is 0.259. The zero-order valence-corrected chi connectivity index (χ0v) is 18.5. The molecule has 1 aromatic heterocycles. The highest BCUT2D eigenvalue weighted by Gasteiger charge is 2.09. The van der Waals surface area contributed by atoms with Crippen LogP contribution in [0.1, 0.15) is 17.5 Å². The normalized spacial score (nSPS) is 14.9. The van der Waals surface area contributed by atoms with Crippen molar-refractivity contribution in [3.8, 4) is 5.75 Å². The number of carbonyl (C=O) groups is 2. The van der Waals surface area contributed by atoms with Crippen LogP contribution in [0.4, 0.5) is 0 Å². The number of rotatable bonds is 10. The van der Waals surface area contributed by atoms with Crippen LogP contribution < -0.4 is 4.74 Å². The number of ether oxygens (including phenoxy) is 2. The van der Waals surface area contributed by atoms with Gasteiger partial charge in [-0.15, -0.1) is 0 Å². The van der Waals surface area contributed by atoms with Gasteiger partial charge in [0.15, 0.2) is 11.6 Å². The summed E-state index contributed by atoms with van der Waals surface area (Å²) in [6.07, 6.45) is 8.08. The predicted molar refractivity (Wildman–Crippen MR) is 130 cm³/mol. The smallest absolute Gasteiger partial charge is 0.163 e. The molecule has 4 rings (SSSR count). The summed E-state index contributed by atoms with van der Waals surface area (Å²) in [6.45, 7) is 4.97. The Bertz CT molecular complexity index is 1140. The van der Waals surface area contributed by atoms with E-state index in [1.165, 1.54) is 12.2 Å². The van der Waals surface area contributed by atoms with Crippen molar-refractivity contribution < 1.29 is 19.1 Å². The molecule has 170 valence electrons. The van der Waals surface area contributed by atoms with E-state index in [-0.39, 0.29) is 18.0 Å². The quantitative estimate of drug-likeness (QED) is 0.376. The van der Waals surface area contributed by atoms with Gasteiger partial charge < -0.3 is 14.5 Å². The Morgan fingerprint density at radius 1 is 0.939 bits per heavy atom. The lowest BCUT2D eigenvalue weighted by Crippen LogP contribution is -2.38. The third kappa shape index (κ3) is 7.00. The summed E-state index contributed by atoms with van der Waals surface area (Å²) >= 11 is 0. The molecular weight excluding hydrogens is 416 g/mol. The lowest BCUT2D eigenvalue weighted by Gasteiger charge is -2.26. The summed E-state index contributed by atoms with van der Waals surface area (Å²) < 4.78 is 11.1. The topological polar surface area (TPSA) is 71.6 Å². The maximum atomic E-state index is 12.2. The number of carbonyl (C=O) groups excluding carboxylic acids is 2. The number of hydrogen-bond donors (Lipinski definition) is 1. The summed E-state index contributed by atoms with van der Waals surface area (Å²) in [5, 5.41) is 1.12. The van der Waals surface area contributed by atoms with Crippen molar-refractivity contribution in [1.29, 1.82) is 0 Å². The van der Waals surface area contributed by atoms with Crippen LogP contribution in [0, 0.1) is 0 Å². The van der Waals surface area contributed by atoms with Gasteiger partial charge in [-0.3, -0.25) is 14.5 Å². The highest BCUT2D eigenvalue weighted by atomic mass is 16.5. The van der Waals surface area contributed by atoms with Crippen molar-refractivity contribution in [2.75, 3.05) is 39.5 Å². The second-order valence-corrected chi connectivity index (χ2v) is 7.97. The van der Waals surface area contributed by atoms with Crippen LogP contribution in [0.25, 0.3) is 23.1 Å². The molecule has 0 unspecified atom stereocenters. The van der Waals surface area contributed by atoms with Gasteiger partial charge in [-0.05, 0) is 52.9 Å². The van der Waals surface area contributed by atoms with Crippen molar-refractivity contribution in [2.24, 2.45) is 0 Å². The van der Waals surface area contributed by atoms with Gasteiger partial charge in [-0.1, -0.05) is 36.4 Å². The largest absolute Gasteiger partial charge is 0.492 e. The monoisotopic (exact) mass is 444 g/mol. The van der Waals surface area contributed by atoms with Crippen LogP contribution in [0.3, 0.4) is 0 Å². The van der Waals surface area contributed by atoms with E-state index in [1.807, 2.05) is 54.7 Å². The van der Waals surface area contributed by atoms with Crippen LogP contribution in [0.2, 0.25) is 0 Å². The van der Waals surface area contributed by atoms with Crippen molar-refractivity contribution in [2.45, 2.75) is 6.42 Å². The molecule has 3 aromatic rings. The van der Waals surface area contributed by atoms with E-state index in [2.05, 4.69) is 9.88 Å². The molecule has 2 aromatic carbocycles. The summed E-state index contributed by atoms with van der Waals surface area (Å²) in [4.78, 5) is 29.8. The van der Waals surface area contributed by atoms with E-state index in [0.29, 0.717) is 6.61 Å². The lowest BCUT2D eigenvalue weighted by atomic mass is 10.1. The first kappa shape index (κ1) is 22.7. The van der Waals surface area contributed by atoms with Crippen LogP contribution in [-0.2, 0) is 14.3 Å². The van der Waals surface area contributed by atoms with Crippen LogP contribution in [0.15, 0.2) is 66.9 Å². The standard InChI is InChI=1S/C27H28N2O4/c30-24(20-25(31)8-3-22-1-6-23-11-12-28-27(23)19-22)7-2-21-4-9-26(10-5-21)33-18-15-29-13-16-32-17-14-29/h1-12,19,28H,13-18,20H2. The number of benzene rings is 2. The molecule has 0 bridgehead atoms. The third-order valence-corrected chi connectivity index (χ3v) is 5.51. The minimum absolute atomic E-state index is 0.152. The van der Waals surface area contributed by atoms with Gasteiger partial charge in [0.05, 0.1) is 19.6 Å². The first-order valence-electron chi connectivity index (χ1n) is 11.2. The van der Waals surface area contributed by atoms with E-state index in [1.54, 1.807) is 12.2 Å². The zero-order chi connectivity index (χ0) is 22.9. The van der Waals surface area contributed by atoms with E-state index < -0.39 is 0 Å². The van der Waals surface area contributed by atoms with Crippen molar-refractivity contribution in [3.05, 3.63) is 78.0 Å². The second kappa shape index (κ2) is 11.4. The van der Waals surface area contributed by atoms with E-state index in [0.717, 1.165) is 60.6 Å². The molecule has 33 heavy (non-hydrogen) atoms. The van der Waals surface area contributed by atoms with Crippen LogP contribution >= 0.6 is 0 Å². The molecule has 1 fully saturated rings. The number of fused-ring (bicyclic) bond motifs is 1. The van der Waals surface area contributed by atoms with Gasteiger partial charge in [0.2, 0.25) is 0 Å². The average Bonchev–Trinajstić information content (AvgIpc) is 3.31. The van der Waals surface area contributed by atoms with Crippen LogP contribution in [0.5, 0.6) is 5.75 Å². The Labute approximate surface area is 193 Å². The van der Waals surface area contributed by atoms with Gasteiger partial charge in [0.1, 0.15) is 12.4 Å². The number of aromatic amines is 1. The molecule has 1 saturated heterocycles. The molecule has 1 aliphatic heterocycles. The fourth-order valence-corrected chi connectivity index (χ4v) is 3.63. The summed E-state index contributed by atoms with van der Waals surface area (Å²) in [5.74, 6) is 0.347. The number of morpholine rings is 1. The molecule has 1 N–H and O–H groups in total. The number of ketones is 2. The highest BCUT2D eigenvalue weighted by molar-refractivity contribution is 6.11. The van der Waals surface area contributed by atoms with E-state index in [9.17, 15) is 9.59 Å². The Balaban J connectivity index is 1.20. The van der Waals surface area contributed by atoms with Gasteiger partial charge >= 0.3 is 0 Å². The minimum atomic E-state index is -0.227. The van der Waals surface area contributed by atoms with Crippen molar-refractivity contribution in [1.82, 2.24) is 9.88 Å². The first-order valence-corrected chi connectivity index (χ1v) is 11.2. The lowest BCUT2D eigenvalue weighted by molar-refractivity contribution is -0.121. The molecular formula is C27H28N2O4. The first-order chi connectivity index (χ1) is 16.2. The summed E-state index contributed by atoms with van der Waals surface area (Å²) in [6, 6.07) is 15.5. The van der Waals surface area contributed by atoms with Crippen molar-refractivity contribution >= 4 is 34.6 Å². The predicted octanol–water partition coefficient (Wildman–Crippen LogP) is 4.13. The molecule has 1 aliphatic rings. The number of nitrogens with one attached hydrogen (secondary N) is 1. The fourth-order valence-electron chi connectivity index (χ4n) is 3.63. The maximum Gasteiger partial charge on any atom is 0.163 e. The Morgan fingerprint density at radius 2 is 1.64 bits per heavy atom. The molecule has 6 nitrogen and oxygen atoms in total. The van der Waals surface area contributed by atoms with Gasteiger partial charge in [0, 0.05) is 31.3 Å². The molecule has 0 aliphatic carbocycles. The molecule has 0 atom stereocenters. The van der Waals surface area contributed by atoms with Gasteiger partial charge in [-0.2, -0.15) is 0 Å². The molecule has 2 heterocycles. The van der Waals surface area contributed by atoms with E-state index in [4.69, 9.17) is 9.47 Å². The highest BCUT2D eigenvalue weighted by Crippen LogP contribution is 2.16. The molecule has 0 saturated carbocycles. The number of H-pyrrole nitrogens is 1. The summed E-state index contributed by atoms with van der Waals surface area (Å²) in [7, 11) is 0. The average molecular weight is 445 g/mol. The number of allylic oxidation sites excluding steroid dienone is 2. The second-order valence-electron chi connectivity index (χ2n) is 7.97.